The number of hydrogen-bond donors (Lipinski definition) is 1. The molecule has 0 saturated heterocycles. The topological polar surface area (TPSA) is 77.6 Å². The number of aryl methyl sites for hydroxylation is 1. The van der Waals surface area contributed by atoms with E-state index in [-0.39, 0.29) is 11.9 Å². The lowest BCUT2D eigenvalue weighted by Crippen LogP contribution is -2.17. The lowest BCUT2D eigenvalue weighted by Gasteiger charge is -2.10. The van der Waals surface area contributed by atoms with Crippen LogP contribution in [0.3, 0.4) is 0 Å². The summed E-state index contributed by atoms with van der Waals surface area (Å²) in [6, 6.07) is 8.30. The van der Waals surface area contributed by atoms with Gasteiger partial charge in [-0.05, 0) is 36.8 Å². The molecule has 3 aromatic heterocycles. The van der Waals surface area contributed by atoms with Crippen LogP contribution in [0.25, 0.3) is 22.0 Å². The number of hydrogen-bond acceptors (Lipinski definition) is 4. The zero-order chi connectivity index (χ0) is 19.8. The average Bonchev–Trinajstić information content (AvgIpc) is 3.30. The predicted octanol–water partition coefficient (Wildman–Crippen LogP) is 1.92. The number of pyridine rings is 1. The van der Waals surface area contributed by atoms with Crippen molar-refractivity contribution in [3.8, 4) is 11.3 Å². The summed E-state index contributed by atoms with van der Waals surface area (Å²) >= 11 is 0. The van der Waals surface area contributed by atoms with Gasteiger partial charge in [0.05, 0.1) is 30.0 Å². The molecule has 1 aromatic carbocycles. The molecular weight excluding hydrogens is 351 g/mol. The molecule has 0 bridgehead atoms. The van der Waals surface area contributed by atoms with Gasteiger partial charge in [-0.3, -0.25) is 9.48 Å². The highest BCUT2D eigenvalue weighted by Crippen LogP contribution is 2.24. The molecule has 0 aliphatic heterocycles. The first-order valence-electron chi connectivity index (χ1n) is 9.16. The number of fused-ring (bicyclic) bond motifs is 1. The molecular formula is C20H21BN6O. The molecule has 4 rings (SSSR count). The predicted molar refractivity (Wildman–Crippen MR) is 113 cm³/mol. The number of amides is 1. The Balaban J connectivity index is 1.67. The first kappa shape index (κ1) is 18.0. The number of benzene rings is 1. The smallest absolute Gasteiger partial charge is 0.260 e. The van der Waals surface area contributed by atoms with Crippen LogP contribution in [0.4, 0.5) is 5.82 Å². The van der Waals surface area contributed by atoms with Crippen molar-refractivity contribution in [1.29, 1.82) is 0 Å². The third-order valence-corrected chi connectivity index (χ3v) is 4.77. The van der Waals surface area contributed by atoms with Crippen LogP contribution in [0, 0.1) is 0 Å². The van der Waals surface area contributed by atoms with E-state index in [9.17, 15) is 4.79 Å². The number of carbonyl (C=O) groups excluding carboxylic acids is 1. The van der Waals surface area contributed by atoms with Crippen LogP contribution < -0.4 is 10.9 Å². The van der Waals surface area contributed by atoms with Crippen LogP contribution >= 0.6 is 0 Å². The maximum absolute atomic E-state index is 12.6. The monoisotopic (exact) mass is 372 g/mol. The maximum Gasteiger partial charge on any atom is 0.260 e. The molecule has 3 heterocycles. The van der Waals surface area contributed by atoms with E-state index < -0.39 is 0 Å². The summed E-state index contributed by atoms with van der Waals surface area (Å²) in [4.78, 5) is 21.3. The third-order valence-electron chi connectivity index (χ3n) is 4.77. The highest BCUT2D eigenvalue weighted by atomic mass is 16.1. The third kappa shape index (κ3) is 3.29. The number of imidazole rings is 1. The van der Waals surface area contributed by atoms with Crippen molar-refractivity contribution in [2.75, 3.05) is 5.32 Å². The van der Waals surface area contributed by atoms with Crippen molar-refractivity contribution in [2.24, 2.45) is 7.05 Å². The number of nitrogens with zero attached hydrogens (tertiary/aromatic N) is 5. The van der Waals surface area contributed by atoms with E-state index >= 15 is 0 Å². The van der Waals surface area contributed by atoms with Crippen molar-refractivity contribution in [3.05, 3.63) is 54.7 Å². The fourth-order valence-corrected chi connectivity index (χ4v) is 3.22. The van der Waals surface area contributed by atoms with E-state index in [1.54, 1.807) is 23.4 Å². The zero-order valence-electron chi connectivity index (χ0n) is 16.3. The molecule has 0 saturated carbocycles. The Morgan fingerprint density at radius 2 is 2.04 bits per heavy atom. The lowest BCUT2D eigenvalue weighted by atomic mass is 9.95. The Bertz CT molecular complexity index is 1180. The van der Waals surface area contributed by atoms with Crippen molar-refractivity contribution in [1.82, 2.24) is 24.3 Å². The molecule has 0 atom stereocenters. The fraction of sp³-hybridized carbons (Fsp3) is 0.200. The lowest BCUT2D eigenvalue weighted by molar-refractivity contribution is 0.102. The van der Waals surface area contributed by atoms with Gasteiger partial charge in [-0.1, -0.05) is 12.1 Å². The van der Waals surface area contributed by atoms with Crippen molar-refractivity contribution < 1.29 is 4.79 Å². The molecule has 0 aliphatic carbocycles. The Hall–Kier alpha value is -3.42. The fourth-order valence-electron chi connectivity index (χ4n) is 3.22. The number of anilines is 1. The summed E-state index contributed by atoms with van der Waals surface area (Å²) in [5.41, 5.74) is 3.47. The first-order chi connectivity index (χ1) is 13.4. The molecule has 140 valence electrons. The van der Waals surface area contributed by atoms with Gasteiger partial charge in [-0.15, -0.1) is 0 Å². The standard InChI is InChI=1S/C20H21BN6O/c1-12(2)27-10-15(8-23-27)20(28)25-18-7-14-6-13(17-9-22-11-26(17)3)4-5-16(14)19(21)24-18/h4-12H,21H2,1-3H3,(H,24,25,28). The van der Waals surface area contributed by atoms with Gasteiger partial charge < -0.3 is 9.88 Å². The normalized spacial score (nSPS) is 11.3. The highest BCUT2D eigenvalue weighted by Gasteiger charge is 2.13. The summed E-state index contributed by atoms with van der Waals surface area (Å²) in [7, 11) is 3.91. The molecule has 0 unspecified atom stereocenters. The van der Waals surface area contributed by atoms with E-state index in [1.807, 2.05) is 45.6 Å². The second kappa shape index (κ2) is 6.96. The van der Waals surface area contributed by atoms with Crippen LogP contribution in [-0.4, -0.2) is 38.1 Å². The molecule has 0 radical (unpaired) electrons. The maximum atomic E-state index is 12.6. The van der Waals surface area contributed by atoms with Gasteiger partial charge in [0.2, 0.25) is 0 Å². The number of aromatic nitrogens is 5. The molecule has 7 nitrogen and oxygen atoms in total. The average molecular weight is 372 g/mol. The first-order valence-corrected chi connectivity index (χ1v) is 9.16. The highest BCUT2D eigenvalue weighted by molar-refractivity contribution is 6.37. The molecule has 4 aromatic rings. The van der Waals surface area contributed by atoms with Crippen LogP contribution in [0.1, 0.15) is 30.2 Å². The Morgan fingerprint density at radius 1 is 1.21 bits per heavy atom. The summed E-state index contributed by atoms with van der Waals surface area (Å²) in [5.74, 6) is 0.301. The minimum Gasteiger partial charge on any atom is -0.334 e. The van der Waals surface area contributed by atoms with Gasteiger partial charge in [0.1, 0.15) is 5.82 Å². The SMILES string of the molecule is Bc1nc(NC(=O)c2cnn(C(C)C)c2)cc2cc(-c3cncn3C)ccc12. The number of carbonyl (C=O) groups is 1. The van der Waals surface area contributed by atoms with Gasteiger partial charge in [0.15, 0.2) is 7.85 Å². The zero-order valence-corrected chi connectivity index (χ0v) is 16.3. The summed E-state index contributed by atoms with van der Waals surface area (Å²) < 4.78 is 3.73. The Kier molecular flexibility index (Phi) is 4.47. The van der Waals surface area contributed by atoms with Crippen LogP contribution in [0.2, 0.25) is 0 Å². The molecule has 8 heteroatoms. The van der Waals surface area contributed by atoms with Gasteiger partial charge in [0.25, 0.3) is 5.91 Å². The minimum absolute atomic E-state index is 0.202. The van der Waals surface area contributed by atoms with E-state index in [2.05, 4.69) is 38.6 Å². The molecule has 28 heavy (non-hydrogen) atoms. The van der Waals surface area contributed by atoms with Gasteiger partial charge in [-0.2, -0.15) is 5.10 Å². The van der Waals surface area contributed by atoms with Gasteiger partial charge >= 0.3 is 0 Å². The quantitative estimate of drug-likeness (QED) is 0.556. The summed E-state index contributed by atoms with van der Waals surface area (Å²) in [5, 5.41) is 9.18. The molecule has 1 amide bonds. The summed E-state index contributed by atoms with van der Waals surface area (Å²) in [6.07, 6.45) is 6.93. The second-order valence-corrected chi connectivity index (χ2v) is 7.18. The van der Waals surface area contributed by atoms with E-state index in [0.717, 1.165) is 27.6 Å². The number of nitrogens with one attached hydrogen (secondary N) is 1. The van der Waals surface area contributed by atoms with Crippen LogP contribution in [-0.2, 0) is 7.05 Å². The summed E-state index contributed by atoms with van der Waals surface area (Å²) in [6.45, 7) is 4.03. The van der Waals surface area contributed by atoms with E-state index in [1.165, 1.54) is 0 Å². The number of rotatable bonds is 4. The van der Waals surface area contributed by atoms with Gasteiger partial charge in [-0.25, -0.2) is 9.97 Å². The largest absolute Gasteiger partial charge is 0.334 e. The van der Waals surface area contributed by atoms with Crippen LogP contribution in [0.5, 0.6) is 0 Å². The van der Waals surface area contributed by atoms with Crippen LogP contribution in [0.15, 0.2) is 49.2 Å². The molecule has 0 fully saturated rings. The van der Waals surface area contributed by atoms with Crippen molar-refractivity contribution in [2.45, 2.75) is 19.9 Å². The molecule has 0 spiro atoms. The molecule has 0 aliphatic rings. The second-order valence-electron chi connectivity index (χ2n) is 7.18. The molecule has 1 N–H and O–H groups in total. The van der Waals surface area contributed by atoms with E-state index in [4.69, 9.17) is 0 Å². The Morgan fingerprint density at radius 3 is 2.71 bits per heavy atom. The minimum atomic E-state index is -0.221. The Labute approximate surface area is 163 Å². The van der Waals surface area contributed by atoms with E-state index in [0.29, 0.717) is 11.4 Å². The van der Waals surface area contributed by atoms with Crippen molar-refractivity contribution in [3.63, 3.8) is 0 Å². The van der Waals surface area contributed by atoms with Crippen molar-refractivity contribution >= 4 is 35.9 Å². The van der Waals surface area contributed by atoms with Gasteiger partial charge in [0, 0.05) is 30.4 Å².